The normalized spacial score (nSPS) is 29.4. The lowest BCUT2D eigenvalue weighted by Crippen LogP contribution is -2.57. The summed E-state index contributed by atoms with van der Waals surface area (Å²) in [6, 6.07) is 19.4. The summed E-state index contributed by atoms with van der Waals surface area (Å²) in [4.78, 5) is 28.1. The maximum atomic E-state index is 13.3. The number of nitrogens with zero attached hydrogens (tertiary/aromatic N) is 1. The van der Waals surface area contributed by atoms with E-state index in [0.717, 1.165) is 29.0 Å². The molecule has 2 amide bonds. The number of carbonyl (C=O) groups excluding carboxylic acids is 2. The summed E-state index contributed by atoms with van der Waals surface area (Å²) in [7, 11) is 0. The highest BCUT2D eigenvalue weighted by atomic mass is 16.2. The van der Waals surface area contributed by atoms with Crippen molar-refractivity contribution in [3.05, 3.63) is 66.2 Å². The second-order valence-corrected chi connectivity index (χ2v) is 10.2. The van der Waals surface area contributed by atoms with Gasteiger partial charge in [-0.05, 0) is 86.3 Å². The van der Waals surface area contributed by atoms with Crippen LogP contribution in [0.3, 0.4) is 0 Å². The minimum Gasteiger partial charge on any atom is -0.345 e. The Hall–Kier alpha value is -2.62. The minimum absolute atomic E-state index is 0.0340. The van der Waals surface area contributed by atoms with Gasteiger partial charge in [0, 0.05) is 11.7 Å². The summed E-state index contributed by atoms with van der Waals surface area (Å²) in [5.74, 6) is 1.50. The SMILES string of the molecule is CC(NC(=O)C(=O)N(Cc1ccccc1)c1ccccc1)C12CC3CC(CC(C3)C1)C2. The first kappa shape index (κ1) is 20.3. The van der Waals surface area contributed by atoms with Crippen molar-refractivity contribution in [2.45, 2.75) is 58.0 Å². The molecular formula is C27H32N2O2. The van der Waals surface area contributed by atoms with E-state index in [-0.39, 0.29) is 11.5 Å². The molecule has 4 heteroatoms. The lowest BCUT2D eigenvalue weighted by molar-refractivity contribution is -0.140. The van der Waals surface area contributed by atoms with E-state index in [0.29, 0.717) is 6.54 Å². The van der Waals surface area contributed by atoms with Crippen LogP contribution in [0, 0.1) is 23.2 Å². The van der Waals surface area contributed by atoms with Gasteiger partial charge in [-0.2, -0.15) is 0 Å². The number of carbonyl (C=O) groups is 2. The zero-order valence-electron chi connectivity index (χ0n) is 18.3. The van der Waals surface area contributed by atoms with Crippen LogP contribution in [0.1, 0.15) is 51.0 Å². The van der Waals surface area contributed by atoms with Gasteiger partial charge in [0.2, 0.25) is 0 Å². The largest absolute Gasteiger partial charge is 0.345 e. The average Bonchev–Trinajstić information content (AvgIpc) is 2.77. The number of nitrogens with one attached hydrogen (secondary N) is 1. The highest BCUT2D eigenvalue weighted by Gasteiger charge is 2.53. The molecule has 0 heterocycles. The molecule has 0 aliphatic heterocycles. The molecule has 1 N–H and O–H groups in total. The third kappa shape index (κ3) is 4.00. The molecule has 4 aliphatic rings. The van der Waals surface area contributed by atoms with E-state index in [9.17, 15) is 9.59 Å². The third-order valence-electron chi connectivity index (χ3n) is 8.04. The van der Waals surface area contributed by atoms with Crippen molar-refractivity contribution in [3.63, 3.8) is 0 Å². The van der Waals surface area contributed by atoms with Crippen molar-refractivity contribution >= 4 is 17.5 Å². The monoisotopic (exact) mass is 416 g/mol. The van der Waals surface area contributed by atoms with E-state index in [1.807, 2.05) is 60.7 Å². The van der Waals surface area contributed by atoms with Crippen molar-refractivity contribution in [1.82, 2.24) is 5.32 Å². The molecule has 0 spiro atoms. The number of hydrogen-bond donors (Lipinski definition) is 1. The topological polar surface area (TPSA) is 49.4 Å². The second kappa shape index (κ2) is 8.14. The van der Waals surface area contributed by atoms with Gasteiger partial charge in [0.05, 0.1) is 6.54 Å². The van der Waals surface area contributed by atoms with Gasteiger partial charge in [0.1, 0.15) is 0 Å². The highest BCUT2D eigenvalue weighted by molar-refractivity contribution is 6.40. The van der Waals surface area contributed by atoms with Gasteiger partial charge >= 0.3 is 11.8 Å². The van der Waals surface area contributed by atoms with Gasteiger partial charge in [-0.15, -0.1) is 0 Å². The molecule has 0 aromatic heterocycles. The molecular weight excluding hydrogens is 384 g/mol. The zero-order valence-corrected chi connectivity index (χ0v) is 18.3. The molecule has 4 fully saturated rings. The molecule has 4 saturated carbocycles. The summed E-state index contributed by atoms with van der Waals surface area (Å²) in [6.07, 6.45) is 7.75. The van der Waals surface area contributed by atoms with Crippen molar-refractivity contribution in [3.8, 4) is 0 Å². The summed E-state index contributed by atoms with van der Waals surface area (Å²) in [5, 5.41) is 3.14. The number of hydrogen-bond acceptors (Lipinski definition) is 2. The molecule has 4 aliphatic carbocycles. The maximum Gasteiger partial charge on any atom is 0.316 e. The molecule has 1 unspecified atom stereocenters. The van der Waals surface area contributed by atoms with Crippen LogP contribution in [0.2, 0.25) is 0 Å². The molecule has 4 nitrogen and oxygen atoms in total. The van der Waals surface area contributed by atoms with Crippen LogP contribution in [0.5, 0.6) is 0 Å². The van der Waals surface area contributed by atoms with Crippen LogP contribution >= 0.6 is 0 Å². The zero-order chi connectivity index (χ0) is 21.4. The standard InChI is InChI=1S/C27H32N2O2/c1-19(27-15-21-12-22(16-27)14-23(13-21)17-27)28-25(30)26(31)29(24-10-6-3-7-11-24)18-20-8-4-2-5-9-20/h2-11,19,21-23H,12-18H2,1H3,(H,28,30). The Labute approximate surface area is 185 Å². The summed E-state index contributed by atoms with van der Waals surface area (Å²) < 4.78 is 0. The molecule has 162 valence electrons. The summed E-state index contributed by atoms with van der Waals surface area (Å²) >= 11 is 0. The van der Waals surface area contributed by atoms with Crippen LogP contribution in [0.15, 0.2) is 60.7 Å². The molecule has 31 heavy (non-hydrogen) atoms. The molecule has 6 rings (SSSR count). The van der Waals surface area contributed by atoms with Gasteiger partial charge in [0.25, 0.3) is 0 Å². The Bertz CT molecular complexity index is 905. The Kier molecular flexibility index (Phi) is 5.33. The van der Waals surface area contributed by atoms with E-state index >= 15 is 0 Å². The lowest BCUT2D eigenvalue weighted by atomic mass is 9.48. The molecule has 0 saturated heterocycles. The van der Waals surface area contributed by atoms with Crippen molar-refractivity contribution in [2.75, 3.05) is 4.90 Å². The van der Waals surface area contributed by atoms with Gasteiger partial charge < -0.3 is 5.32 Å². The van der Waals surface area contributed by atoms with Crippen molar-refractivity contribution in [1.29, 1.82) is 0 Å². The number of para-hydroxylation sites is 1. The fraction of sp³-hybridized carbons (Fsp3) is 0.481. The predicted octanol–water partition coefficient (Wildman–Crippen LogP) is 4.94. The van der Waals surface area contributed by atoms with Gasteiger partial charge in [-0.1, -0.05) is 48.5 Å². The lowest BCUT2D eigenvalue weighted by Gasteiger charge is -2.59. The minimum atomic E-state index is -0.483. The molecule has 2 aromatic rings. The second-order valence-electron chi connectivity index (χ2n) is 10.2. The first-order valence-electron chi connectivity index (χ1n) is 11.7. The van der Waals surface area contributed by atoms with E-state index in [1.165, 1.54) is 38.5 Å². The predicted molar refractivity (Wildman–Crippen MR) is 122 cm³/mol. The van der Waals surface area contributed by atoms with E-state index in [4.69, 9.17) is 0 Å². The summed E-state index contributed by atoms with van der Waals surface area (Å²) in [6.45, 7) is 2.51. The quantitative estimate of drug-likeness (QED) is 0.702. The highest BCUT2D eigenvalue weighted by Crippen LogP contribution is 2.61. The first-order valence-corrected chi connectivity index (χ1v) is 11.7. The van der Waals surface area contributed by atoms with E-state index in [2.05, 4.69) is 12.2 Å². The number of anilines is 1. The molecule has 1 atom stereocenters. The van der Waals surface area contributed by atoms with Crippen LogP contribution in [0.25, 0.3) is 0 Å². The smallest absolute Gasteiger partial charge is 0.316 e. The van der Waals surface area contributed by atoms with Crippen LogP contribution in [-0.4, -0.2) is 17.9 Å². The van der Waals surface area contributed by atoms with Gasteiger partial charge in [0.15, 0.2) is 0 Å². The maximum absolute atomic E-state index is 13.3. The number of benzene rings is 2. The number of amides is 2. The number of rotatable bonds is 5. The Morgan fingerprint density at radius 1 is 0.903 bits per heavy atom. The van der Waals surface area contributed by atoms with E-state index in [1.54, 1.807) is 4.90 Å². The van der Waals surface area contributed by atoms with Crippen LogP contribution in [-0.2, 0) is 16.1 Å². The van der Waals surface area contributed by atoms with Crippen LogP contribution < -0.4 is 10.2 Å². The Morgan fingerprint density at radius 2 is 1.42 bits per heavy atom. The Balaban J connectivity index is 1.33. The molecule has 2 aromatic carbocycles. The first-order chi connectivity index (χ1) is 15.0. The fourth-order valence-electron chi connectivity index (χ4n) is 6.90. The summed E-state index contributed by atoms with van der Waals surface area (Å²) in [5.41, 5.74) is 1.93. The molecule has 4 bridgehead atoms. The third-order valence-corrected chi connectivity index (χ3v) is 8.04. The fourth-order valence-corrected chi connectivity index (χ4v) is 6.90. The average molecular weight is 417 g/mol. The Morgan fingerprint density at radius 3 is 1.97 bits per heavy atom. The van der Waals surface area contributed by atoms with Gasteiger partial charge in [-0.25, -0.2) is 0 Å². The van der Waals surface area contributed by atoms with Crippen molar-refractivity contribution < 1.29 is 9.59 Å². The molecule has 0 radical (unpaired) electrons. The van der Waals surface area contributed by atoms with Crippen molar-refractivity contribution in [2.24, 2.45) is 23.2 Å². The van der Waals surface area contributed by atoms with Crippen LogP contribution in [0.4, 0.5) is 5.69 Å². The van der Waals surface area contributed by atoms with Gasteiger partial charge in [-0.3, -0.25) is 14.5 Å². The van der Waals surface area contributed by atoms with E-state index < -0.39 is 11.8 Å².